The number of carbonyl (C=O) groups is 1. The maximum Gasteiger partial charge on any atom is 0.325 e. The molecular weight excluding hydrogens is 237 g/mol. The number of carboxylic acid groups (broad SMARTS) is 1. The maximum atomic E-state index is 13.2. The van der Waals surface area contributed by atoms with Crippen molar-refractivity contribution in [3.8, 4) is 5.75 Å². The summed E-state index contributed by atoms with van der Waals surface area (Å²) >= 11 is 0. The lowest BCUT2D eigenvalue weighted by atomic mass is 10.0. The smallest absolute Gasteiger partial charge is 0.325 e. The van der Waals surface area contributed by atoms with Crippen LogP contribution in [0.15, 0.2) is 18.2 Å². The highest BCUT2D eigenvalue weighted by Gasteiger charge is 2.27. The van der Waals surface area contributed by atoms with Gasteiger partial charge in [0, 0.05) is 11.6 Å². The van der Waals surface area contributed by atoms with Crippen molar-refractivity contribution in [1.82, 2.24) is 5.32 Å². The van der Waals surface area contributed by atoms with Gasteiger partial charge in [-0.1, -0.05) is 12.8 Å². The Morgan fingerprint density at radius 1 is 1.39 bits per heavy atom. The molecule has 1 saturated carbocycles. The zero-order chi connectivity index (χ0) is 13.1. The molecule has 0 spiro atoms. The van der Waals surface area contributed by atoms with Crippen molar-refractivity contribution in [2.75, 3.05) is 0 Å². The van der Waals surface area contributed by atoms with Gasteiger partial charge in [-0.3, -0.25) is 10.1 Å². The Kier molecular flexibility index (Phi) is 3.81. The van der Waals surface area contributed by atoms with Crippen LogP contribution in [0.25, 0.3) is 0 Å². The highest BCUT2D eigenvalue weighted by molar-refractivity contribution is 5.76. The van der Waals surface area contributed by atoms with Crippen molar-refractivity contribution in [3.05, 3.63) is 29.6 Å². The molecule has 0 saturated heterocycles. The second-order valence-electron chi connectivity index (χ2n) is 4.62. The summed E-state index contributed by atoms with van der Waals surface area (Å²) in [7, 11) is 0. The van der Waals surface area contributed by atoms with E-state index >= 15 is 0 Å². The average Bonchev–Trinajstić information content (AvgIpc) is 2.82. The predicted molar refractivity (Wildman–Crippen MR) is 63.8 cm³/mol. The van der Waals surface area contributed by atoms with Gasteiger partial charge < -0.3 is 10.2 Å². The first-order valence-electron chi connectivity index (χ1n) is 6.05. The molecule has 18 heavy (non-hydrogen) atoms. The lowest BCUT2D eigenvalue weighted by molar-refractivity contribution is -0.140. The van der Waals surface area contributed by atoms with E-state index in [1.165, 1.54) is 6.07 Å². The Morgan fingerprint density at radius 3 is 2.67 bits per heavy atom. The molecular formula is C13H16FNO3. The average molecular weight is 253 g/mol. The van der Waals surface area contributed by atoms with Crippen molar-refractivity contribution in [2.45, 2.75) is 37.8 Å². The Labute approximate surface area is 104 Å². The Balaban J connectivity index is 2.23. The minimum atomic E-state index is -1.11. The monoisotopic (exact) mass is 253 g/mol. The van der Waals surface area contributed by atoms with E-state index in [0.29, 0.717) is 0 Å². The molecule has 1 aliphatic carbocycles. The predicted octanol–water partition coefficient (Wildman–Crippen LogP) is 2.19. The topological polar surface area (TPSA) is 69.6 Å². The fourth-order valence-electron chi connectivity index (χ4n) is 2.38. The summed E-state index contributed by atoms with van der Waals surface area (Å²) in [5.74, 6) is -1.86. The Bertz CT molecular complexity index is 444. The number of benzene rings is 1. The minimum absolute atomic E-state index is 0.0781. The molecule has 0 bridgehead atoms. The number of hydrogen-bond donors (Lipinski definition) is 3. The van der Waals surface area contributed by atoms with E-state index in [2.05, 4.69) is 5.32 Å². The summed E-state index contributed by atoms with van der Waals surface area (Å²) < 4.78 is 13.2. The van der Waals surface area contributed by atoms with Crippen LogP contribution >= 0.6 is 0 Å². The van der Waals surface area contributed by atoms with E-state index in [1.54, 1.807) is 0 Å². The highest BCUT2D eigenvalue weighted by atomic mass is 19.1. The van der Waals surface area contributed by atoms with E-state index in [-0.39, 0.29) is 17.4 Å². The standard InChI is InChI=1S/C13H16FNO3/c14-8-5-6-11(16)10(7-8)12(13(17)18)15-9-3-1-2-4-9/h5-7,9,12,15-16H,1-4H2,(H,17,18). The quantitative estimate of drug-likeness (QED) is 0.769. The van der Waals surface area contributed by atoms with Crippen LogP contribution in [-0.4, -0.2) is 22.2 Å². The number of nitrogens with one attached hydrogen (secondary N) is 1. The van der Waals surface area contributed by atoms with Gasteiger partial charge >= 0.3 is 5.97 Å². The molecule has 2 rings (SSSR count). The number of phenolic OH excluding ortho intramolecular Hbond substituents is 1. The minimum Gasteiger partial charge on any atom is -0.508 e. The molecule has 0 radical (unpaired) electrons. The molecule has 1 aromatic carbocycles. The van der Waals surface area contributed by atoms with Crippen LogP contribution in [0, 0.1) is 5.82 Å². The highest BCUT2D eigenvalue weighted by Crippen LogP contribution is 2.28. The van der Waals surface area contributed by atoms with E-state index in [4.69, 9.17) is 0 Å². The number of aliphatic carboxylic acids is 1. The third kappa shape index (κ3) is 2.79. The number of aromatic hydroxyl groups is 1. The van der Waals surface area contributed by atoms with Gasteiger partial charge in [0.2, 0.25) is 0 Å². The molecule has 3 N–H and O–H groups in total. The van der Waals surface area contributed by atoms with Gasteiger partial charge in [-0.05, 0) is 31.0 Å². The Hall–Kier alpha value is -1.62. The van der Waals surface area contributed by atoms with Crippen LogP contribution in [0.4, 0.5) is 4.39 Å². The normalized spacial score (nSPS) is 17.8. The van der Waals surface area contributed by atoms with Crippen LogP contribution in [0.5, 0.6) is 5.75 Å². The van der Waals surface area contributed by atoms with Gasteiger partial charge in [-0.25, -0.2) is 4.39 Å². The maximum absolute atomic E-state index is 13.2. The molecule has 0 heterocycles. The summed E-state index contributed by atoms with van der Waals surface area (Å²) in [5, 5.41) is 21.8. The van der Waals surface area contributed by atoms with E-state index in [0.717, 1.165) is 37.8 Å². The number of rotatable bonds is 4. The summed E-state index contributed by atoms with van der Waals surface area (Å²) in [4.78, 5) is 11.3. The van der Waals surface area contributed by atoms with Crippen molar-refractivity contribution in [1.29, 1.82) is 0 Å². The van der Waals surface area contributed by atoms with Gasteiger partial charge in [-0.15, -0.1) is 0 Å². The largest absolute Gasteiger partial charge is 0.508 e. The molecule has 1 fully saturated rings. The molecule has 98 valence electrons. The van der Waals surface area contributed by atoms with Gasteiger partial charge in [-0.2, -0.15) is 0 Å². The van der Waals surface area contributed by atoms with Crippen molar-refractivity contribution < 1.29 is 19.4 Å². The Morgan fingerprint density at radius 2 is 2.06 bits per heavy atom. The molecule has 0 aliphatic heterocycles. The summed E-state index contributed by atoms with van der Waals surface area (Å²) in [6.07, 6.45) is 3.97. The van der Waals surface area contributed by atoms with Gasteiger partial charge in [0.1, 0.15) is 17.6 Å². The first-order chi connectivity index (χ1) is 8.58. The second kappa shape index (κ2) is 5.35. The first-order valence-corrected chi connectivity index (χ1v) is 6.05. The lowest BCUT2D eigenvalue weighted by Crippen LogP contribution is -2.35. The molecule has 1 aliphatic rings. The first kappa shape index (κ1) is 12.8. The van der Waals surface area contributed by atoms with Crippen molar-refractivity contribution >= 4 is 5.97 Å². The van der Waals surface area contributed by atoms with Crippen molar-refractivity contribution in [3.63, 3.8) is 0 Å². The zero-order valence-electron chi connectivity index (χ0n) is 9.90. The number of carboxylic acids is 1. The zero-order valence-corrected chi connectivity index (χ0v) is 9.90. The molecule has 0 amide bonds. The van der Waals surface area contributed by atoms with E-state index in [1.807, 2.05) is 0 Å². The third-order valence-electron chi connectivity index (χ3n) is 3.31. The van der Waals surface area contributed by atoms with Gasteiger partial charge in [0.05, 0.1) is 0 Å². The summed E-state index contributed by atoms with van der Waals surface area (Å²) in [6, 6.07) is 2.40. The molecule has 1 atom stereocenters. The molecule has 0 aromatic heterocycles. The number of halogens is 1. The van der Waals surface area contributed by atoms with Crippen molar-refractivity contribution in [2.24, 2.45) is 0 Å². The van der Waals surface area contributed by atoms with Gasteiger partial charge in [0.15, 0.2) is 0 Å². The second-order valence-corrected chi connectivity index (χ2v) is 4.62. The van der Waals surface area contributed by atoms with Crippen LogP contribution in [0.1, 0.15) is 37.3 Å². The fourth-order valence-corrected chi connectivity index (χ4v) is 2.38. The number of hydrogen-bond acceptors (Lipinski definition) is 3. The van der Waals surface area contributed by atoms with Crippen LogP contribution in [-0.2, 0) is 4.79 Å². The number of phenols is 1. The fraction of sp³-hybridized carbons (Fsp3) is 0.462. The SMILES string of the molecule is O=C(O)C(NC1CCCC1)c1cc(F)ccc1O. The van der Waals surface area contributed by atoms with Crippen LogP contribution < -0.4 is 5.32 Å². The van der Waals surface area contributed by atoms with Crippen LogP contribution in [0.3, 0.4) is 0 Å². The molecule has 1 aromatic rings. The molecule has 5 heteroatoms. The molecule has 1 unspecified atom stereocenters. The van der Waals surface area contributed by atoms with E-state index < -0.39 is 17.8 Å². The molecule has 4 nitrogen and oxygen atoms in total. The van der Waals surface area contributed by atoms with Gasteiger partial charge in [0.25, 0.3) is 0 Å². The summed E-state index contributed by atoms with van der Waals surface area (Å²) in [5.41, 5.74) is 0.0781. The summed E-state index contributed by atoms with van der Waals surface area (Å²) in [6.45, 7) is 0. The van der Waals surface area contributed by atoms with Crippen LogP contribution in [0.2, 0.25) is 0 Å². The van der Waals surface area contributed by atoms with E-state index in [9.17, 15) is 19.4 Å². The third-order valence-corrected chi connectivity index (χ3v) is 3.31. The lowest BCUT2D eigenvalue weighted by Gasteiger charge is -2.20.